The van der Waals surface area contributed by atoms with Gasteiger partial charge in [0, 0.05) is 11.8 Å². The number of carbonyl (C=O) groups excluding carboxylic acids is 2. The highest BCUT2D eigenvalue weighted by Gasteiger charge is 2.48. The maximum absolute atomic E-state index is 12.5. The first-order chi connectivity index (χ1) is 13.0. The van der Waals surface area contributed by atoms with Crippen molar-refractivity contribution in [2.75, 3.05) is 32.0 Å². The van der Waals surface area contributed by atoms with Gasteiger partial charge in [0.15, 0.2) is 0 Å². The Kier molecular flexibility index (Phi) is 5.49. The van der Waals surface area contributed by atoms with Crippen molar-refractivity contribution in [3.8, 4) is 17.2 Å². The number of carbonyl (C=O) groups is 2. The van der Waals surface area contributed by atoms with Crippen LogP contribution in [0.3, 0.4) is 0 Å². The van der Waals surface area contributed by atoms with E-state index in [2.05, 4.69) is 10.6 Å². The van der Waals surface area contributed by atoms with Crippen LogP contribution < -0.4 is 24.8 Å². The topological polar surface area (TPSA) is 85.9 Å². The zero-order valence-electron chi connectivity index (χ0n) is 15.4. The van der Waals surface area contributed by atoms with Gasteiger partial charge >= 0.3 is 0 Å². The van der Waals surface area contributed by atoms with Crippen LogP contribution in [0.4, 0.5) is 11.4 Å². The Morgan fingerprint density at radius 2 is 1.41 bits per heavy atom. The highest BCUT2D eigenvalue weighted by atomic mass is 16.5. The second-order valence-corrected chi connectivity index (χ2v) is 6.22. The molecule has 0 aliphatic heterocycles. The molecule has 2 atom stereocenters. The molecule has 0 aromatic heterocycles. The lowest BCUT2D eigenvalue weighted by molar-refractivity contribution is -0.122. The van der Waals surface area contributed by atoms with Crippen LogP contribution in [0.25, 0.3) is 0 Å². The van der Waals surface area contributed by atoms with E-state index in [1.165, 1.54) is 7.11 Å². The summed E-state index contributed by atoms with van der Waals surface area (Å²) in [5.41, 5.74) is 1.18. The highest BCUT2D eigenvalue weighted by molar-refractivity contribution is 6.03. The normalized spacial score (nSPS) is 17.6. The van der Waals surface area contributed by atoms with Crippen molar-refractivity contribution in [2.45, 2.75) is 6.42 Å². The van der Waals surface area contributed by atoms with Crippen molar-refractivity contribution >= 4 is 23.2 Å². The lowest BCUT2D eigenvalue weighted by atomic mass is 10.2. The molecular formula is C20H22N2O5. The molecule has 7 heteroatoms. The monoisotopic (exact) mass is 370 g/mol. The largest absolute Gasteiger partial charge is 0.497 e. The molecule has 0 spiro atoms. The molecule has 3 rings (SSSR count). The second kappa shape index (κ2) is 7.99. The number of anilines is 2. The maximum atomic E-state index is 12.5. The van der Waals surface area contributed by atoms with Gasteiger partial charge in [0.1, 0.15) is 17.2 Å². The molecule has 1 saturated carbocycles. The minimum absolute atomic E-state index is 0.169. The van der Waals surface area contributed by atoms with Crippen molar-refractivity contribution in [1.29, 1.82) is 0 Å². The molecule has 2 unspecified atom stereocenters. The highest BCUT2D eigenvalue weighted by Crippen LogP contribution is 2.41. The van der Waals surface area contributed by atoms with Gasteiger partial charge in [-0.15, -0.1) is 0 Å². The summed E-state index contributed by atoms with van der Waals surface area (Å²) in [4.78, 5) is 24.8. The smallest absolute Gasteiger partial charge is 0.228 e. The zero-order valence-corrected chi connectivity index (χ0v) is 15.4. The fourth-order valence-electron chi connectivity index (χ4n) is 2.82. The second-order valence-electron chi connectivity index (χ2n) is 6.22. The van der Waals surface area contributed by atoms with Gasteiger partial charge in [0.25, 0.3) is 0 Å². The molecule has 142 valence electrons. The van der Waals surface area contributed by atoms with Crippen LogP contribution in [0.2, 0.25) is 0 Å². The van der Waals surface area contributed by atoms with Crippen molar-refractivity contribution < 1.29 is 23.8 Å². The fraction of sp³-hybridized carbons (Fsp3) is 0.300. The van der Waals surface area contributed by atoms with Crippen LogP contribution in [0.5, 0.6) is 17.2 Å². The molecule has 1 fully saturated rings. The summed E-state index contributed by atoms with van der Waals surface area (Å²) in [6.07, 6.45) is 0.514. The first kappa shape index (κ1) is 18.6. The van der Waals surface area contributed by atoms with E-state index < -0.39 is 0 Å². The third kappa shape index (κ3) is 4.31. The molecule has 1 aliphatic rings. The Hall–Kier alpha value is -3.22. The molecule has 0 heterocycles. The molecule has 0 bridgehead atoms. The van der Waals surface area contributed by atoms with Gasteiger partial charge in [-0.3, -0.25) is 9.59 Å². The number of hydrogen-bond donors (Lipinski definition) is 2. The molecule has 2 aromatic carbocycles. The number of amides is 2. The van der Waals surface area contributed by atoms with Crippen LogP contribution in [0, 0.1) is 11.8 Å². The predicted molar refractivity (Wildman–Crippen MR) is 101 cm³/mol. The van der Waals surface area contributed by atoms with Crippen LogP contribution in [0.15, 0.2) is 42.5 Å². The maximum Gasteiger partial charge on any atom is 0.228 e. The van der Waals surface area contributed by atoms with Crippen molar-refractivity contribution in [3.63, 3.8) is 0 Å². The van der Waals surface area contributed by atoms with E-state index in [4.69, 9.17) is 14.2 Å². The number of nitrogens with one attached hydrogen (secondary N) is 2. The number of hydrogen-bond acceptors (Lipinski definition) is 5. The average Bonchev–Trinajstić information content (AvgIpc) is 3.49. The number of methoxy groups -OCH3 is 3. The minimum Gasteiger partial charge on any atom is -0.497 e. The quantitative estimate of drug-likeness (QED) is 0.783. The van der Waals surface area contributed by atoms with E-state index in [-0.39, 0.29) is 23.7 Å². The number of benzene rings is 2. The standard InChI is InChI=1S/C20H22N2O5/c1-25-13-6-4-12(5-7-13)21-19(23)15-11-16(15)20(24)22-17-10-14(26-2)8-9-18(17)27-3/h4-10,15-16H,11H2,1-3H3,(H,21,23)(H,22,24). The molecule has 1 aliphatic carbocycles. The van der Waals surface area contributed by atoms with Gasteiger partial charge in [0.05, 0.1) is 38.9 Å². The SMILES string of the molecule is COc1ccc(NC(=O)C2CC2C(=O)Nc2cc(OC)ccc2OC)cc1. The van der Waals surface area contributed by atoms with Crippen molar-refractivity contribution in [1.82, 2.24) is 0 Å². The predicted octanol–water partition coefficient (Wildman–Crippen LogP) is 2.93. The van der Waals surface area contributed by atoms with Gasteiger partial charge in [-0.1, -0.05) is 0 Å². The van der Waals surface area contributed by atoms with E-state index in [0.29, 0.717) is 35.0 Å². The van der Waals surface area contributed by atoms with Crippen LogP contribution in [-0.2, 0) is 9.59 Å². The third-order valence-electron chi connectivity index (χ3n) is 4.49. The molecule has 0 saturated heterocycles. The van der Waals surface area contributed by atoms with Gasteiger partial charge in [-0.2, -0.15) is 0 Å². The van der Waals surface area contributed by atoms with Crippen molar-refractivity contribution in [3.05, 3.63) is 42.5 Å². The summed E-state index contributed by atoms with van der Waals surface area (Å²) in [5.74, 6) is 0.765. The Labute approximate surface area is 157 Å². The first-order valence-corrected chi connectivity index (χ1v) is 8.53. The summed E-state index contributed by atoms with van der Waals surface area (Å²) in [6, 6.07) is 12.2. The Bertz CT molecular complexity index is 835. The van der Waals surface area contributed by atoms with Gasteiger partial charge in [0.2, 0.25) is 11.8 Å². The number of rotatable bonds is 7. The van der Waals surface area contributed by atoms with Crippen molar-refractivity contribution in [2.24, 2.45) is 11.8 Å². The van der Waals surface area contributed by atoms with E-state index >= 15 is 0 Å². The molecule has 27 heavy (non-hydrogen) atoms. The van der Waals surface area contributed by atoms with E-state index in [0.717, 1.165) is 0 Å². The molecule has 2 amide bonds. The molecule has 7 nitrogen and oxygen atoms in total. The van der Waals surface area contributed by atoms with Crippen LogP contribution in [0.1, 0.15) is 6.42 Å². The van der Waals surface area contributed by atoms with Gasteiger partial charge in [-0.25, -0.2) is 0 Å². The summed E-state index contributed by atoms with van der Waals surface area (Å²) in [5, 5.41) is 5.65. The van der Waals surface area contributed by atoms with Gasteiger partial charge in [-0.05, 0) is 42.8 Å². The van der Waals surface area contributed by atoms with Gasteiger partial charge < -0.3 is 24.8 Å². The Morgan fingerprint density at radius 3 is 2.00 bits per heavy atom. The first-order valence-electron chi connectivity index (χ1n) is 8.53. The third-order valence-corrected chi connectivity index (χ3v) is 4.49. The summed E-state index contributed by atoms with van der Waals surface area (Å²) >= 11 is 0. The van der Waals surface area contributed by atoms with E-state index in [1.54, 1.807) is 56.7 Å². The lowest BCUT2D eigenvalue weighted by Crippen LogP contribution is -2.20. The molecule has 2 N–H and O–H groups in total. The fourth-order valence-corrected chi connectivity index (χ4v) is 2.82. The Balaban J connectivity index is 1.59. The Morgan fingerprint density at radius 1 is 0.815 bits per heavy atom. The molecule has 2 aromatic rings. The lowest BCUT2D eigenvalue weighted by Gasteiger charge is -2.12. The summed E-state index contributed by atoms with van der Waals surface area (Å²) in [6.45, 7) is 0. The number of ether oxygens (including phenoxy) is 3. The minimum atomic E-state index is -0.362. The summed E-state index contributed by atoms with van der Waals surface area (Å²) in [7, 11) is 4.66. The van der Waals surface area contributed by atoms with Crippen LogP contribution in [-0.4, -0.2) is 33.1 Å². The van der Waals surface area contributed by atoms with E-state index in [1.807, 2.05) is 0 Å². The molecular weight excluding hydrogens is 348 g/mol. The van der Waals surface area contributed by atoms with E-state index in [9.17, 15) is 9.59 Å². The zero-order chi connectivity index (χ0) is 19.4. The average molecular weight is 370 g/mol. The van der Waals surface area contributed by atoms with Crippen LogP contribution >= 0.6 is 0 Å². The molecule has 0 radical (unpaired) electrons. The summed E-state index contributed by atoms with van der Waals surface area (Å²) < 4.78 is 15.5.